The van der Waals surface area contributed by atoms with E-state index < -0.39 is 0 Å². The lowest BCUT2D eigenvalue weighted by atomic mass is 10.2. The summed E-state index contributed by atoms with van der Waals surface area (Å²) in [5.41, 5.74) is 0.214. The van der Waals surface area contributed by atoms with E-state index in [2.05, 4.69) is 13.3 Å². The standard InChI is InChI=1S/C7H11O2/c1-6(8)9-5-7(2)3-4-7/h3H,4-5H2,1-2H3/q+1. The number of ether oxygens (including phenoxy) is 1. The Balaban J connectivity index is 2.12. The van der Waals surface area contributed by atoms with Crippen molar-refractivity contribution in [1.82, 2.24) is 0 Å². The molecule has 2 heteroatoms. The van der Waals surface area contributed by atoms with Crippen molar-refractivity contribution in [2.24, 2.45) is 5.41 Å². The molecule has 0 spiro atoms. The van der Waals surface area contributed by atoms with Gasteiger partial charge < -0.3 is 4.74 Å². The number of carbonyl (C=O) groups excluding carboxylic acids is 1. The largest absolute Gasteiger partial charge is 0.461 e. The van der Waals surface area contributed by atoms with Crippen LogP contribution < -0.4 is 0 Å². The zero-order valence-electron chi connectivity index (χ0n) is 5.81. The first-order valence-corrected chi connectivity index (χ1v) is 3.10. The van der Waals surface area contributed by atoms with Crippen molar-refractivity contribution in [3.8, 4) is 0 Å². The Morgan fingerprint density at radius 3 is 2.78 bits per heavy atom. The molecule has 1 saturated carbocycles. The van der Waals surface area contributed by atoms with Crippen LogP contribution in [0.3, 0.4) is 0 Å². The molecule has 1 unspecified atom stereocenters. The summed E-state index contributed by atoms with van der Waals surface area (Å²) in [5.74, 6) is -0.184. The Morgan fingerprint density at radius 2 is 2.44 bits per heavy atom. The average molecular weight is 127 g/mol. The molecule has 50 valence electrons. The normalized spacial score (nSPS) is 30.9. The molecule has 1 atom stereocenters. The van der Waals surface area contributed by atoms with Crippen molar-refractivity contribution in [3.05, 3.63) is 6.42 Å². The van der Waals surface area contributed by atoms with Gasteiger partial charge in [0, 0.05) is 6.92 Å². The number of esters is 1. The highest BCUT2D eigenvalue weighted by Gasteiger charge is 2.52. The zero-order valence-corrected chi connectivity index (χ0v) is 5.81. The molecule has 0 aromatic rings. The summed E-state index contributed by atoms with van der Waals surface area (Å²) in [6.07, 6.45) is 3.23. The van der Waals surface area contributed by atoms with Crippen LogP contribution in [-0.4, -0.2) is 12.6 Å². The minimum Gasteiger partial charge on any atom is -0.461 e. The van der Waals surface area contributed by atoms with E-state index in [9.17, 15) is 4.79 Å². The minimum absolute atomic E-state index is 0.184. The molecule has 1 aliphatic rings. The van der Waals surface area contributed by atoms with Crippen molar-refractivity contribution >= 4 is 5.97 Å². The second-order valence-electron chi connectivity index (χ2n) is 2.84. The first-order chi connectivity index (χ1) is 4.12. The van der Waals surface area contributed by atoms with Crippen molar-refractivity contribution in [1.29, 1.82) is 0 Å². The summed E-state index contributed by atoms with van der Waals surface area (Å²) >= 11 is 0. The molecule has 0 heterocycles. The molecule has 0 aromatic carbocycles. The summed E-state index contributed by atoms with van der Waals surface area (Å²) < 4.78 is 4.80. The van der Waals surface area contributed by atoms with Gasteiger partial charge in [0.2, 0.25) is 0 Å². The SMILES string of the molecule is CC(=O)OCC1(C)[CH+]C1. The molecule has 2 nitrogen and oxygen atoms in total. The van der Waals surface area contributed by atoms with Crippen LogP contribution in [0.15, 0.2) is 0 Å². The van der Waals surface area contributed by atoms with E-state index in [1.165, 1.54) is 6.92 Å². The lowest BCUT2D eigenvalue weighted by molar-refractivity contribution is -0.142. The predicted octanol–water partition coefficient (Wildman–Crippen LogP) is 1.16. The maximum Gasteiger partial charge on any atom is 0.302 e. The quantitative estimate of drug-likeness (QED) is 0.411. The van der Waals surface area contributed by atoms with E-state index in [4.69, 9.17) is 4.74 Å². The van der Waals surface area contributed by atoms with Gasteiger partial charge in [-0.1, -0.05) is 0 Å². The van der Waals surface area contributed by atoms with Crippen molar-refractivity contribution in [2.75, 3.05) is 6.61 Å². The van der Waals surface area contributed by atoms with Gasteiger partial charge in [-0.25, -0.2) is 0 Å². The first-order valence-electron chi connectivity index (χ1n) is 3.10. The van der Waals surface area contributed by atoms with Crippen LogP contribution in [0.2, 0.25) is 0 Å². The molecule has 0 aromatic heterocycles. The number of hydrogen-bond acceptors (Lipinski definition) is 2. The van der Waals surface area contributed by atoms with Gasteiger partial charge in [0.1, 0.15) is 13.0 Å². The molecule has 0 bridgehead atoms. The van der Waals surface area contributed by atoms with Crippen LogP contribution in [0.4, 0.5) is 0 Å². The van der Waals surface area contributed by atoms with Crippen LogP contribution in [-0.2, 0) is 9.53 Å². The first kappa shape index (κ1) is 6.46. The van der Waals surface area contributed by atoms with Gasteiger partial charge in [-0.05, 0) is 6.92 Å². The smallest absolute Gasteiger partial charge is 0.302 e. The monoisotopic (exact) mass is 127 g/mol. The highest BCUT2D eigenvalue weighted by atomic mass is 16.5. The summed E-state index contributed by atoms with van der Waals surface area (Å²) in [7, 11) is 0. The van der Waals surface area contributed by atoms with Crippen LogP contribution >= 0.6 is 0 Å². The molecule has 9 heavy (non-hydrogen) atoms. The maximum atomic E-state index is 10.3. The third-order valence-electron chi connectivity index (χ3n) is 1.51. The highest BCUT2D eigenvalue weighted by Crippen LogP contribution is 2.43. The summed E-state index contributed by atoms with van der Waals surface area (Å²) in [4.78, 5) is 10.3. The van der Waals surface area contributed by atoms with E-state index in [-0.39, 0.29) is 11.4 Å². The van der Waals surface area contributed by atoms with E-state index in [1.54, 1.807) is 0 Å². The molecule has 0 saturated heterocycles. The Hall–Kier alpha value is -0.660. The fraction of sp³-hybridized carbons (Fsp3) is 0.714. The van der Waals surface area contributed by atoms with Crippen molar-refractivity contribution in [3.63, 3.8) is 0 Å². The van der Waals surface area contributed by atoms with Crippen LogP contribution in [0.1, 0.15) is 20.3 Å². The molecule has 1 rings (SSSR count). The Morgan fingerprint density at radius 1 is 1.89 bits per heavy atom. The topological polar surface area (TPSA) is 26.3 Å². The van der Waals surface area contributed by atoms with E-state index in [1.807, 2.05) is 0 Å². The molecule has 0 N–H and O–H groups in total. The van der Waals surface area contributed by atoms with Gasteiger partial charge in [0.05, 0.1) is 6.42 Å². The van der Waals surface area contributed by atoms with Gasteiger partial charge in [-0.3, -0.25) is 4.79 Å². The van der Waals surface area contributed by atoms with Crippen molar-refractivity contribution in [2.45, 2.75) is 20.3 Å². The van der Waals surface area contributed by atoms with Crippen LogP contribution in [0.25, 0.3) is 0 Å². The van der Waals surface area contributed by atoms with Crippen molar-refractivity contribution < 1.29 is 9.53 Å². The summed E-state index contributed by atoms with van der Waals surface area (Å²) in [6.45, 7) is 4.07. The number of hydrogen-bond donors (Lipinski definition) is 0. The van der Waals surface area contributed by atoms with E-state index in [0.717, 1.165) is 6.42 Å². The Labute approximate surface area is 55.2 Å². The zero-order chi connectivity index (χ0) is 6.91. The van der Waals surface area contributed by atoms with Crippen LogP contribution in [0.5, 0.6) is 0 Å². The number of rotatable bonds is 2. The molecular weight excluding hydrogens is 116 g/mol. The lowest BCUT2D eigenvalue weighted by Crippen LogP contribution is -2.09. The lowest BCUT2D eigenvalue weighted by Gasteiger charge is -1.99. The second-order valence-corrected chi connectivity index (χ2v) is 2.84. The molecule has 1 aliphatic carbocycles. The van der Waals surface area contributed by atoms with Gasteiger partial charge >= 0.3 is 5.97 Å². The molecule has 0 radical (unpaired) electrons. The minimum atomic E-state index is -0.184. The highest BCUT2D eigenvalue weighted by molar-refractivity contribution is 5.66. The molecule has 0 aliphatic heterocycles. The fourth-order valence-corrected chi connectivity index (χ4v) is 0.559. The van der Waals surface area contributed by atoms with E-state index >= 15 is 0 Å². The van der Waals surface area contributed by atoms with E-state index in [0.29, 0.717) is 6.61 Å². The summed E-state index contributed by atoms with van der Waals surface area (Å²) in [5, 5.41) is 0. The third kappa shape index (κ3) is 1.96. The Kier molecular flexibility index (Phi) is 1.39. The predicted molar refractivity (Wildman–Crippen MR) is 33.7 cm³/mol. The summed E-state index contributed by atoms with van der Waals surface area (Å²) in [6, 6.07) is 0. The molecule has 1 fully saturated rings. The molecular formula is C7H11O2+. The fourth-order valence-electron chi connectivity index (χ4n) is 0.559. The van der Waals surface area contributed by atoms with Gasteiger partial charge in [0.15, 0.2) is 5.41 Å². The van der Waals surface area contributed by atoms with Gasteiger partial charge in [-0.15, -0.1) is 0 Å². The van der Waals surface area contributed by atoms with Crippen LogP contribution in [0, 0.1) is 11.8 Å². The van der Waals surface area contributed by atoms with Gasteiger partial charge in [0.25, 0.3) is 0 Å². The van der Waals surface area contributed by atoms with Gasteiger partial charge in [-0.2, -0.15) is 0 Å². The Bertz CT molecular complexity index is 125. The maximum absolute atomic E-state index is 10.3. The second kappa shape index (κ2) is 1.94. The number of carbonyl (C=O) groups is 1. The third-order valence-corrected chi connectivity index (χ3v) is 1.51. The average Bonchev–Trinajstić information content (AvgIpc) is 2.45. The molecule has 0 amide bonds.